The lowest BCUT2D eigenvalue weighted by Gasteiger charge is -2.25. The molecule has 0 radical (unpaired) electrons. The van der Waals surface area contributed by atoms with Gasteiger partial charge < -0.3 is 4.90 Å². The molecule has 1 aromatic rings. The van der Waals surface area contributed by atoms with Gasteiger partial charge in [-0.2, -0.15) is 0 Å². The number of rotatable bonds is 7. The van der Waals surface area contributed by atoms with Gasteiger partial charge >= 0.3 is 0 Å². The van der Waals surface area contributed by atoms with Gasteiger partial charge in [-0.15, -0.1) is 0 Å². The van der Waals surface area contributed by atoms with Crippen molar-refractivity contribution in [2.24, 2.45) is 0 Å². The van der Waals surface area contributed by atoms with Crippen molar-refractivity contribution in [3.8, 4) is 0 Å². The third-order valence-electron chi connectivity index (χ3n) is 3.00. The molecule has 0 spiro atoms. The highest BCUT2D eigenvalue weighted by Gasteiger charge is 2.10. The molecule has 0 aliphatic heterocycles. The smallest absolute Gasteiger partial charge is 0.128 e. The summed E-state index contributed by atoms with van der Waals surface area (Å²) in [6.45, 7) is 6.31. The Balaban J connectivity index is 2.70. The van der Waals surface area contributed by atoms with Gasteiger partial charge in [0.15, 0.2) is 0 Å². The van der Waals surface area contributed by atoms with Crippen LogP contribution in [0.1, 0.15) is 45.1 Å². The van der Waals surface area contributed by atoms with E-state index in [0.29, 0.717) is 5.84 Å². The van der Waals surface area contributed by atoms with Crippen LogP contribution >= 0.6 is 11.6 Å². The molecule has 0 atom stereocenters. The van der Waals surface area contributed by atoms with Crippen LogP contribution in [0, 0.1) is 5.41 Å². The lowest BCUT2D eigenvalue weighted by atomic mass is 10.1. The van der Waals surface area contributed by atoms with Gasteiger partial charge in [-0.25, -0.2) is 0 Å². The second-order valence-electron chi connectivity index (χ2n) is 4.55. The Morgan fingerprint density at radius 3 is 2.00 bits per heavy atom. The highest BCUT2D eigenvalue weighted by Crippen LogP contribution is 2.12. The Bertz CT molecular complexity index is 351. The molecule has 0 amide bonds. The van der Waals surface area contributed by atoms with E-state index >= 15 is 0 Å². The van der Waals surface area contributed by atoms with Crippen LogP contribution in [0.4, 0.5) is 0 Å². The molecule has 1 aromatic carbocycles. The Morgan fingerprint density at radius 1 is 1.06 bits per heavy atom. The maximum atomic E-state index is 8.30. The molecule has 0 unspecified atom stereocenters. The Morgan fingerprint density at radius 2 is 1.56 bits per heavy atom. The molecule has 100 valence electrons. The molecule has 0 aliphatic rings. The zero-order chi connectivity index (χ0) is 13.4. The van der Waals surface area contributed by atoms with Crippen LogP contribution in [0.5, 0.6) is 0 Å². The van der Waals surface area contributed by atoms with Crippen molar-refractivity contribution in [2.75, 3.05) is 13.1 Å². The molecule has 0 bridgehead atoms. The van der Waals surface area contributed by atoms with E-state index in [1.807, 2.05) is 24.3 Å². The molecule has 0 saturated heterocycles. The highest BCUT2D eigenvalue weighted by molar-refractivity contribution is 6.30. The van der Waals surface area contributed by atoms with Crippen LogP contribution in [-0.2, 0) is 0 Å². The van der Waals surface area contributed by atoms with E-state index in [1.54, 1.807) is 0 Å². The molecular weight excluding hydrogens is 244 g/mol. The fourth-order valence-corrected chi connectivity index (χ4v) is 1.95. The minimum atomic E-state index is 0.619. The Kier molecular flexibility index (Phi) is 6.81. The fourth-order valence-electron chi connectivity index (χ4n) is 1.82. The summed E-state index contributed by atoms with van der Waals surface area (Å²) in [5.74, 6) is 0.619. The number of hydrogen-bond donors (Lipinski definition) is 1. The maximum Gasteiger partial charge on any atom is 0.128 e. The molecule has 1 N–H and O–H groups in total. The summed E-state index contributed by atoms with van der Waals surface area (Å²) in [5, 5.41) is 9.02. The third kappa shape index (κ3) is 4.69. The Hall–Kier alpha value is -1.02. The van der Waals surface area contributed by atoms with Gasteiger partial charge in [-0.05, 0) is 37.1 Å². The van der Waals surface area contributed by atoms with Crippen LogP contribution in [-0.4, -0.2) is 23.8 Å². The van der Waals surface area contributed by atoms with Crippen LogP contribution in [0.3, 0.4) is 0 Å². The summed E-state index contributed by atoms with van der Waals surface area (Å²) in [6, 6.07) is 7.55. The number of amidine groups is 1. The normalized spacial score (nSPS) is 10.4. The van der Waals surface area contributed by atoms with Crippen LogP contribution < -0.4 is 0 Å². The molecule has 0 heterocycles. The standard InChI is InChI=1S/C15H23ClN2/c1-3-5-11-18(12-6-4-2)15(17)13-7-9-14(16)10-8-13/h7-10,17H,3-6,11-12H2,1-2H3. The van der Waals surface area contributed by atoms with Gasteiger partial charge in [0.2, 0.25) is 0 Å². The topological polar surface area (TPSA) is 27.1 Å². The Labute approximate surface area is 115 Å². The predicted octanol–water partition coefficient (Wildman–Crippen LogP) is 4.57. The summed E-state index contributed by atoms with van der Waals surface area (Å²) >= 11 is 5.88. The first kappa shape index (κ1) is 15.0. The quantitative estimate of drug-likeness (QED) is 0.568. The molecule has 18 heavy (non-hydrogen) atoms. The zero-order valence-corrected chi connectivity index (χ0v) is 12.1. The summed E-state index contributed by atoms with van der Waals surface area (Å²) in [7, 11) is 0. The number of halogens is 1. The average molecular weight is 267 g/mol. The van der Waals surface area contributed by atoms with Crippen molar-refractivity contribution in [3.63, 3.8) is 0 Å². The van der Waals surface area contributed by atoms with E-state index in [0.717, 1.165) is 49.4 Å². The largest absolute Gasteiger partial charge is 0.357 e. The van der Waals surface area contributed by atoms with Crippen LogP contribution in [0.15, 0.2) is 24.3 Å². The van der Waals surface area contributed by atoms with E-state index in [2.05, 4.69) is 18.7 Å². The molecule has 3 heteroatoms. The molecular formula is C15H23ClN2. The fraction of sp³-hybridized carbons (Fsp3) is 0.533. The van der Waals surface area contributed by atoms with E-state index < -0.39 is 0 Å². The van der Waals surface area contributed by atoms with Gasteiger partial charge in [0.05, 0.1) is 0 Å². The van der Waals surface area contributed by atoms with Gasteiger partial charge in [0, 0.05) is 23.7 Å². The SMILES string of the molecule is CCCCN(CCCC)C(=N)c1ccc(Cl)cc1. The molecule has 0 saturated carbocycles. The summed E-state index contributed by atoms with van der Waals surface area (Å²) in [6.07, 6.45) is 4.60. The minimum absolute atomic E-state index is 0.619. The van der Waals surface area contributed by atoms with E-state index in [9.17, 15) is 0 Å². The molecule has 0 fully saturated rings. The number of benzene rings is 1. The summed E-state index contributed by atoms with van der Waals surface area (Å²) in [5.41, 5.74) is 0.951. The third-order valence-corrected chi connectivity index (χ3v) is 3.25. The molecule has 0 aromatic heterocycles. The first-order valence-corrected chi connectivity index (χ1v) is 7.16. The predicted molar refractivity (Wildman–Crippen MR) is 79.7 cm³/mol. The zero-order valence-electron chi connectivity index (χ0n) is 11.4. The first-order valence-electron chi connectivity index (χ1n) is 6.78. The van der Waals surface area contributed by atoms with Crippen molar-refractivity contribution < 1.29 is 0 Å². The second-order valence-corrected chi connectivity index (χ2v) is 4.99. The van der Waals surface area contributed by atoms with Gasteiger partial charge in [-0.1, -0.05) is 38.3 Å². The number of nitrogens with zero attached hydrogens (tertiary/aromatic N) is 1. The van der Waals surface area contributed by atoms with Crippen LogP contribution in [0.25, 0.3) is 0 Å². The first-order chi connectivity index (χ1) is 8.69. The van der Waals surface area contributed by atoms with Gasteiger partial charge in [0.1, 0.15) is 5.84 Å². The van der Waals surface area contributed by atoms with Crippen molar-refractivity contribution in [3.05, 3.63) is 34.9 Å². The number of nitrogens with one attached hydrogen (secondary N) is 1. The lowest BCUT2D eigenvalue weighted by Crippen LogP contribution is -2.32. The lowest BCUT2D eigenvalue weighted by molar-refractivity contribution is 0.397. The second kappa shape index (κ2) is 8.15. The van der Waals surface area contributed by atoms with Gasteiger partial charge in [-0.3, -0.25) is 5.41 Å². The van der Waals surface area contributed by atoms with Crippen molar-refractivity contribution in [1.29, 1.82) is 5.41 Å². The summed E-state index contributed by atoms with van der Waals surface area (Å²) < 4.78 is 0. The molecule has 2 nitrogen and oxygen atoms in total. The number of unbranched alkanes of at least 4 members (excludes halogenated alkanes) is 2. The van der Waals surface area contributed by atoms with E-state index in [1.165, 1.54) is 0 Å². The van der Waals surface area contributed by atoms with Crippen LogP contribution in [0.2, 0.25) is 5.02 Å². The van der Waals surface area contributed by atoms with Crippen molar-refractivity contribution in [1.82, 2.24) is 4.90 Å². The minimum Gasteiger partial charge on any atom is -0.357 e. The molecule has 0 aliphatic carbocycles. The number of hydrogen-bond acceptors (Lipinski definition) is 1. The van der Waals surface area contributed by atoms with E-state index in [4.69, 9.17) is 17.0 Å². The van der Waals surface area contributed by atoms with E-state index in [-0.39, 0.29) is 0 Å². The van der Waals surface area contributed by atoms with Crippen molar-refractivity contribution in [2.45, 2.75) is 39.5 Å². The highest BCUT2D eigenvalue weighted by atomic mass is 35.5. The molecule has 1 rings (SSSR count). The maximum absolute atomic E-state index is 8.30. The average Bonchev–Trinajstić information content (AvgIpc) is 2.39. The summed E-state index contributed by atoms with van der Waals surface area (Å²) in [4.78, 5) is 2.18. The van der Waals surface area contributed by atoms with Gasteiger partial charge in [0.25, 0.3) is 0 Å². The van der Waals surface area contributed by atoms with Crippen molar-refractivity contribution >= 4 is 17.4 Å². The monoisotopic (exact) mass is 266 g/mol.